The minimum absolute atomic E-state index is 0.373. The molecule has 2 heterocycles. The molecule has 0 bridgehead atoms. The van der Waals surface area contributed by atoms with Gasteiger partial charge >= 0.3 is 5.69 Å². The Hall–Kier alpha value is -3.27. The van der Waals surface area contributed by atoms with E-state index in [1.54, 1.807) is 36.5 Å². The molecule has 0 aliphatic heterocycles. The molecule has 26 heavy (non-hydrogen) atoms. The molecule has 1 amide bonds. The van der Waals surface area contributed by atoms with Crippen LogP contribution in [0.15, 0.2) is 50.6 Å². The molecule has 0 saturated heterocycles. The third-order valence-corrected chi connectivity index (χ3v) is 3.91. The molecule has 0 aliphatic rings. The van der Waals surface area contributed by atoms with Crippen molar-refractivity contribution < 1.29 is 9.53 Å². The number of ether oxygens (including phenoxy) is 1. The molecule has 0 fully saturated rings. The number of nitrogens with one attached hydrogen (secondary N) is 3. The highest BCUT2D eigenvalue weighted by molar-refractivity contribution is 9.10. The predicted octanol–water partition coefficient (Wildman–Crippen LogP) is 1.97. The van der Waals surface area contributed by atoms with Gasteiger partial charge in [0.15, 0.2) is 0 Å². The number of aryl methyl sites for hydroxylation is 1. The quantitative estimate of drug-likeness (QED) is 0.594. The van der Waals surface area contributed by atoms with Crippen molar-refractivity contribution >= 4 is 27.5 Å². The van der Waals surface area contributed by atoms with Gasteiger partial charge in [0.1, 0.15) is 5.75 Å². The monoisotopic (exact) mass is 417 g/mol. The van der Waals surface area contributed by atoms with E-state index in [0.717, 1.165) is 5.56 Å². The predicted molar refractivity (Wildman–Crippen MR) is 96.6 cm³/mol. The molecule has 0 aliphatic carbocycles. The van der Waals surface area contributed by atoms with Crippen LogP contribution in [0.25, 0.3) is 0 Å². The molecule has 132 valence electrons. The number of nitrogens with zero attached hydrogens (tertiary/aromatic N) is 2. The largest absolute Gasteiger partial charge is 0.438 e. The highest BCUT2D eigenvalue weighted by Gasteiger charge is 2.14. The van der Waals surface area contributed by atoms with Crippen LogP contribution in [0.3, 0.4) is 0 Å². The van der Waals surface area contributed by atoms with Crippen LogP contribution in [0.1, 0.15) is 16.1 Å². The van der Waals surface area contributed by atoms with Gasteiger partial charge in [0, 0.05) is 18.0 Å². The third kappa shape index (κ3) is 3.86. The van der Waals surface area contributed by atoms with Crippen LogP contribution in [0.2, 0.25) is 0 Å². The number of rotatable bonds is 4. The van der Waals surface area contributed by atoms with E-state index < -0.39 is 22.9 Å². The summed E-state index contributed by atoms with van der Waals surface area (Å²) in [4.78, 5) is 40.9. The van der Waals surface area contributed by atoms with Crippen molar-refractivity contribution in [3.05, 3.63) is 73.1 Å². The van der Waals surface area contributed by atoms with Crippen LogP contribution in [0.4, 0.5) is 5.69 Å². The number of hydrogen-bond donors (Lipinski definition) is 3. The number of halogens is 1. The first kappa shape index (κ1) is 17.5. The summed E-state index contributed by atoms with van der Waals surface area (Å²) in [5.74, 6) is 0.0830. The Labute approximate surface area is 154 Å². The van der Waals surface area contributed by atoms with Gasteiger partial charge in [-0.15, -0.1) is 0 Å². The normalized spacial score (nSPS) is 10.4. The molecule has 3 rings (SSSR count). The zero-order chi connectivity index (χ0) is 18.7. The number of aromatic nitrogens is 4. The summed E-state index contributed by atoms with van der Waals surface area (Å²) in [7, 11) is 0. The van der Waals surface area contributed by atoms with Gasteiger partial charge in [-0.25, -0.2) is 14.9 Å². The Kier molecular flexibility index (Phi) is 4.94. The van der Waals surface area contributed by atoms with Gasteiger partial charge in [-0.3, -0.25) is 14.6 Å². The van der Waals surface area contributed by atoms with Crippen molar-refractivity contribution in [1.29, 1.82) is 0 Å². The van der Waals surface area contributed by atoms with Crippen molar-refractivity contribution in [2.45, 2.75) is 6.92 Å². The Morgan fingerprint density at radius 3 is 2.81 bits per heavy atom. The minimum atomic E-state index is -0.882. The van der Waals surface area contributed by atoms with E-state index in [0.29, 0.717) is 21.8 Å². The lowest BCUT2D eigenvalue weighted by atomic mass is 10.2. The summed E-state index contributed by atoms with van der Waals surface area (Å²) in [6, 6.07) is 8.53. The maximum Gasteiger partial charge on any atom is 0.342 e. The lowest BCUT2D eigenvalue weighted by Crippen LogP contribution is -2.32. The molecule has 0 radical (unpaired) electrons. The molecule has 0 atom stereocenters. The van der Waals surface area contributed by atoms with E-state index in [1.807, 2.05) is 17.0 Å². The Morgan fingerprint density at radius 2 is 2.08 bits per heavy atom. The van der Waals surface area contributed by atoms with E-state index in [2.05, 4.69) is 31.3 Å². The maximum absolute atomic E-state index is 12.2. The van der Waals surface area contributed by atoms with Gasteiger partial charge in [0.2, 0.25) is 11.6 Å². The fourth-order valence-electron chi connectivity index (χ4n) is 2.03. The zero-order valence-corrected chi connectivity index (χ0v) is 15.0. The fraction of sp³-hybridized carbons (Fsp3) is 0.0625. The third-order valence-electron chi connectivity index (χ3n) is 3.30. The van der Waals surface area contributed by atoms with E-state index >= 15 is 0 Å². The lowest BCUT2D eigenvalue weighted by molar-refractivity contribution is 0.101. The van der Waals surface area contributed by atoms with E-state index in [9.17, 15) is 14.4 Å². The zero-order valence-electron chi connectivity index (χ0n) is 13.4. The van der Waals surface area contributed by atoms with Crippen molar-refractivity contribution in [3.8, 4) is 11.6 Å². The molecule has 0 spiro atoms. The van der Waals surface area contributed by atoms with Crippen molar-refractivity contribution in [2.24, 2.45) is 0 Å². The molecule has 1 aromatic carbocycles. The standard InChI is InChI=1S/C16H12BrN5O4/c1-8-4-5-9(7-11(8)26-15-10(17)3-2-6-18-15)19-13(23)12-14(24)20-16(25)22-21-12/h2-7H,1H3,(H,19,23)(H2,20,22,24,25). The summed E-state index contributed by atoms with van der Waals surface area (Å²) < 4.78 is 6.45. The number of aromatic amines is 2. The average molecular weight is 418 g/mol. The second kappa shape index (κ2) is 7.31. The van der Waals surface area contributed by atoms with Gasteiger partial charge in [-0.05, 0) is 46.6 Å². The first-order valence-electron chi connectivity index (χ1n) is 7.33. The molecule has 3 N–H and O–H groups in total. The smallest absolute Gasteiger partial charge is 0.342 e. The van der Waals surface area contributed by atoms with Crippen LogP contribution in [0.5, 0.6) is 11.6 Å². The molecule has 0 saturated carbocycles. The molecule has 3 aromatic rings. The van der Waals surface area contributed by atoms with Gasteiger partial charge in [0.25, 0.3) is 11.5 Å². The van der Waals surface area contributed by atoms with Crippen molar-refractivity contribution in [1.82, 2.24) is 20.2 Å². The van der Waals surface area contributed by atoms with Crippen molar-refractivity contribution in [2.75, 3.05) is 5.32 Å². The molecule has 2 aromatic heterocycles. The summed E-state index contributed by atoms with van der Waals surface area (Å²) in [6.45, 7) is 1.84. The fourth-order valence-corrected chi connectivity index (χ4v) is 2.37. The lowest BCUT2D eigenvalue weighted by Gasteiger charge is -2.11. The van der Waals surface area contributed by atoms with Crippen LogP contribution in [-0.2, 0) is 0 Å². The number of anilines is 1. The highest BCUT2D eigenvalue weighted by Crippen LogP contribution is 2.30. The maximum atomic E-state index is 12.2. The van der Waals surface area contributed by atoms with Gasteiger partial charge in [-0.1, -0.05) is 6.07 Å². The molecule has 9 nitrogen and oxygen atoms in total. The van der Waals surface area contributed by atoms with Crippen LogP contribution in [0, 0.1) is 6.92 Å². The first-order valence-corrected chi connectivity index (χ1v) is 8.12. The highest BCUT2D eigenvalue weighted by atomic mass is 79.9. The number of pyridine rings is 1. The van der Waals surface area contributed by atoms with E-state index in [1.165, 1.54) is 0 Å². The van der Waals surface area contributed by atoms with E-state index in [4.69, 9.17) is 4.74 Å². The summed E-state index contributed by atoms with van der Waals surface area (Å²) in [6.07, 6.45) is 1.59. The summed E-state index contributed by atoms with van der Waals surface area (Å²) >= 11 is 3.35. The second-order valence-electron chi connectivity index (χ2n) is 5.18. The topological polar surface area (TPSA) is 130 Å². The Morgan fingerprint density at radius 1 is 1.27 bits per heavy atom. The summed E-state index contributed by atoms with van der Waals surface area (Å²) in [5, 5.41) is 7.99. The number of carbonyl (C=O) groups excluding carboxylic acids is 1. The second-order valence-corrected chi connectivity index (χ2v) is 6.04. The van der Waals surface area contributed by atoms with Crippen LogP contribution in [-0.4, -0.2) is 26.1 Å². The van der Waals surface area contributed by atoms with Gasteiger partial charge in [-0.2, -0.15) is 5.10 Å². The SMILES string of the molecule is Cc1ccc(NC(=O)c2n[nH]c(=O)[nH]c2=O)cc1Oc1ncccc1Br. The Balaban J connectivity index is 1.85. The summed E-state index contributed by atoms with van der Waals surface area (Å²) in [5.41, 5.74) is -0.929. The number of hydrogen-bond acceptors (Lipinski definition) is 6. The van der Waals surface area contributed by atoms with E-state index in [-0.39, 0.29) is 0 Å². The van der Waals surface area contributed by atoms with Crippen LogP contribution < -0.4 is 21.3 Å². The van der Waals surface area contributed by atoms with Gasteiger partial charge in [0.05, 0.1) is 4.47 Å². The first-order chi connectivity index (χ1) is 12.4. The minimum Gasteiger partial charge on any atom is -0.438 e. The van der Waals surface area contributed by atoms with Gasteiger partial charge < -0.3 is 10.1 Å². The molecule has 0 unspecified atom stereocenters. The number of H-pyrrole nitrogens is 2. The van der Waals surface area contributed by atoms with Crippen LogP contribution >= 0.6 is 15.9 Å². The van der Waals surface area contributed by atoms with Crippen molar-refractivity contribution in [3.63, 3.8) is 0 Å². The number of amides is 1. The number of carbonyl (C=O) groups is 1. The average Bonchev–Trinajstić information content (AvgIpc) is 2.59. The molecular weight excluding hydrogens is 406 g/mol. The molecular formula is C16H12BrN5O4. The Bertz CT molecular complexity index is 1090. The molecule has 10 heteroatoms. The number of benzene rings is 1.